The molecule has 0 saturated carbocycles. The zero-order chi connectivity index (χ0) is 18.3. The van der Waals surface area contributed by atoms with Gasteiger partial charge in [0.15, 0.2) is 5.65 Å². The molecule has 2 amide bonds. The van der Waals surface area contributed by atoms with Crippen molar-refractivity contribution in [3.05, 3.63) is 53.7 Å². The first-order valence-corrected chi connectivity index (χ1v) is 8.62. The molecule has 1 saturated heterocycles. The van der Waals surface area contributed by atoms with Gasteiger partial charge in [-0.15, -0.1) is 0 Å². The molecule has 6 nitrogen and oxygen atoms in total. The predicted molar refractivity (Wildman–Crippen MR) is 97.6 cm³/mol. The zero-order valence-electron chi connectivity index (χ0n) is 14.7. The van der Waals surface area contributed by atoms with Crippen molar-refractivity contribution in [2.45, 2.75) is 19.3 Å². The van der Waals surface area contributed by atoms with E-state index in [-0.39, 0.29) is 17.8 Å². The summed E-state index contributed by atoms with van der Waals surface area (Å²) in [6, 6.07) is 8.31. The van der Waals surface area contributed by atoms with Crippen molar-refractivity contribution >= 4 is 22.9 Å². The molecule has 1 aromatic carbocycles. The van der Waals surface area contributed by atoms with E-state index in [2.05, 4.69) is 15.3 Å². The number of carbonyl (C=O) groups is 1. The fourth-order valence-corrected chi connectivity index (χ4v) is 3.43. The van der Waals surface area contributed by atoms with Gasteiger partial charge in [0.05, 0.1) is 0 Å². The van der Waals surface area contributed by atoms with Crippen LogP contribution >= 0.6 is 0 Å². The Hall–Kier alpha value is -2.96. The lowest BCUT2D eigenvalue weighted by molar-refractivity contribution is 0.222. The van der Waals surface area contributed by atoms with Gasteiger partial charge in [0.2, 0.25) is 0 Å². The number of nitrogens with zero attached hydrogens (tertiary/aromatic N) is 4. The summed E-state index contributed by atoms with van der Waals surface area (Å²) in [6.45, 7) is 2.91. The van der Waals surface area contributed by atoms with Crippen molar-refractivity contribution in [1.82, 2.24) is 19.4 Å². The van der Waals surface area contributed by atoms with Crippen LogP contribution in [0.25, 0.3) is 11.2 Å². The van der Waals surface area contributed by atoms with E-state index < -0.39 is 0 Å². The van der Waals surface area contributed by atoms with Gasteiger partial charge in [-0.1, -0.05) is 6.07 Å². The average molecular weight is 353 g/mol. The number of urea groups is 1. The Morgan fingerprint density at radius 1 is 1.35 bits per heavy atom. The number of rotatable bonds is 2. The minimum Gasteiger partial charge on any atom is -0.324 e. The number of aryl methyl sites for hydroxylation is 2. The lowest BCUT2D eigenvalue weighted by Crippen LogP contribution is -2.33. The summed E-state index contributed by atoms with van der Waals surface area (Å²) in [7, 11) is 1.95. The van der Waals surface area contributed by atoms with Crippen LogP contribution in [0.5, 0.6) is 0 Å². The minimum atomic E-state index is -0.325. The number of likely N-dealkylation sites (tertiary alicyclic amines) is 1. The van der Waals surface area contributed by atoms with E-state index in [0.29, 0.717) is 24.3 Å². The number of hydrogen-bond donors (Lipinski definition) is 1. The molecule has 26 heavy (non-hydrogen) atoms. The number of benzene rings is 1. The van der Waals surface area contributed by atoms with Crippen LogP contribution in [0, 0.1) is 12.7 Å². The molecule has 1 aliphatic rings. The maximum Gasteiger partial charge on any atom is 0.321 e. The molecule has 3 heterocycles. The molecule has 1 N–H and O–H groups in total. The first-order chi connectivity index (χ1) is 12.5. The Morgan fingerprint density at radius 2 is 2.19 bits per heavy atom. The van der Waals surface area contributed by atoms with Crippen LogP contribution in [-0.2, 0) is 7.05 Å². The second kappa shape index (κ2) is 6.40. The summed E-state index contributed by atoms with van der Waals surface area (Å²) in [5.41, 5.74) is 2.73. The monoisotopic (exact) mass is 353 g/mol. The number of pyridine rings is 1. The predicted octanol–water partition coefficient (Wildman–Crippen LogP) is 3.44. The highest BCUT2D eigenvalue weighted by Crippen LogP contribution is 2.28. The van der Waals surface area contributed by atoms with Gasteiger partial charge in [0.25, 0.3) is 0 Å². The Labute approximate surface area is 150 Å². The molecule has 0 bridgehead atoms. The highest BCUT2D eigenvalue weighted by Gasteiger charge is 2.30. The molecule has 3 aromatic rings. The molecule has 134 valence electrons. The molecule has 1 unspecified atom stereocenters. The minimum absolute atomic E-state index is 0.162. The van der Waals surface area contributed by atoms with Crippen molar-refractivity contribution in [3.8, 4) is 0 Å². The summed E-state index contributed by atoms with van der Waals surface area (Å²) in [6.07, 6.45) is 2.59. The molecule has 4 rings (SSSR count). The molecule has 0 radical (unpaired) electrons. The van der Waals surface area contributed by atoms with Gasteiger partial charge in [-0.2, -0.15) is 0 Å². The van der Waals surface area contributed by atoms with Crippen LogP contribution in [0.1, 0.15) is 23.7 Å². The molecular weight excluding hydrogens is 333 g/mol. The topological polar surface area (TPSA) is 63.1 Å². The van der Waals surface area contributed by atoms with Crippen LogP contribution in [-0.4, -0.2) is 38.6 Å². The average Bonchev–Trinajstić information content (AvgIpc) is 3.24. The number of halogens is 1. The molecule has 0 aliphatic carbocycles. The normalized spacial score (nSPS) is 17.0. The van der Waals surface area contributed by atoms with E-state index in [1.54, 1.807) is 30.2 Å². The number of carbonyl (C=O) groups excluding carboxylic acids is 1. The summed E-state index contributed by atoms with van der Waals surface area (Å²) in [5.74, 6) is 0.777. The fraction of sp³-hybridized carbons (Fsp3) is 0.316. The van der Waals surface area contributed by atoms with Crippen LogP contribution in [0.15, 0.2) is 36.5 Å². The Kier molecular flexibility index (Phi) is 4.06. The van der Waals surface area contributed by atoms with Crippen molar-refractivity contribution in [2.75, 3.05) is 18.4 Å². The third-order valence-electron chi connectivity index (χ3n) is 4.93. The summed E-state index contributed by atoms with van der Waals surface area (Å²) in [4.78, 5) is 23.3. The standard InChI is InChI=1S/C19H20FN5O/c1-12-5-6-14(10-15(12)20)22-19(26)25-9-7-13(11-25)17-23-16-4-3-8-21-18(16)24(17)2/h3-6,8,10,13H,7,9,11H2,1-2H3,(H,22,26). The second-order valence-corrected chi connectivity index (χ2v) is 6.70. The Balaban J connectivity index is 1.48. The van der Waals surface area contributed by atoms with E-state index in [0.717, 1.165) is 23.4 Å². The number of imidazole rings is 1. The lowest BCUT2D eigenvalue weighted by Gasteiger charge is -2.17. The first kappa shape index (κ1) is 16.5. The van der Waals surface area contributed by atoms with E-state index in [1.165, 1.54) is 6.07 Å². The zero-order valence-corrected chi connectivity index (χ0v) is 14.7. The number of nitrogens with one attached hydrogen (secondary N) is 1. The summed E-state index contributed by atoms with van der Waals surface area (Å²) in [5, 5.41) is 2.77. The van der Waals surface area contributed by atoms with Gasteiger partial charge in [0, 0.05) is 37.9 Å². The van der Waals surface area contributed by atoms with Crippen LogP contribution in [0.2, 0.25) is 0 Å². The molecule has 1 fully saturated rings. The molecule has 1 atom stereocenters. The van der Waals surface area contributed by atoms with Crippen molar-refractivity contribution < 1.29 is 9.18 Å². The van der Waals surface area contributed by atoms with Crippen LogP contribution in [0.3, 0.4) is 0 Å². The number of fused-ring (bicyclic) bond motifs is 1. The summed E-state index contributed by atoms with van der Waals surface area (Å²) < 4.78 is 15.7. The van der Waals surface area contributed by atoms with Crippen molar-refractivity contribution in [3.63, 3.8) is 0 Å². The number of amides is 2. The van der Waals surface area contributed by atoms with E-state index in [4.69, 9.17) is 0 Å². The van der Waals surface area contributed by atoms with Gasteiger partial charge in [-0.05, 0) is 43.2 Å². The molecular formula is C19H20FN5O. The van der Waals surface area contributed by atoms with Gasteiger partial charge in [-0.25, -0.2) is 19.2 Å². The van der Waals surface area contributed by atoms with Gasteiger partial charge in [-0.3, -0.25) is 0 Å². The van der Waals surface area contributed by atoms with Gasteiger partial charge < -0.3 is 14.8 Å². The maximum absolute atomic E-state index is 13.7. The van der Waals surface area contributed by atoms with E-state index in [9.17, 15) is 9.18 Å². The quantitative estimate of drug-likeness (QED) is 0.768. The highest BCUT2D eigenvalue weighted by atomic mass is 19.1. The molecule has 7 heteroatoms. The van der Waals surface area contributed by atoms with Crippen molar-refractivity contribution in [2.24, 2.45) is 7.05 Å². The van der Waals surface area contributed by atoms with Crippen LogP contribution in [0.4, 0.5) is 14.9 Å². The smallest absolute Gasteiger partial charge is 0.321 e. The molecule has 0 spiro atoms. The second-order valence-electron chi connectivity index (χ2n) is 6.70. The molecule has 2 aromatic heterocycles. The first-order valence-electron chi connectivity index (χ1n) is 8.62. The highest BCUT2D eigenvalue weighted by molar-refractivity contribution is 5.89. The Bertz CT molecular complexity index is 983. The SMILES string of the molecule is Cc1ccc(NC(=O)N2CCC(c3nc4cccnc4n3C)C2)cc1F. The fourth-order valence-electron chi connectivity index (χ4n) is 3.43. The number of anilines is 1. The summed E-state index contributed by atoms with van der Waals surface area (Å²) >= 11 is 0. The third-order valence-corrected chi connectivity index (χ3v) is 4.93. The number of hydrogen-bond acceptors (Lipinski definition) is 3. The third kappa shape index (κ3) is 2.89. The Morgan fingerprint density at radius 3 is 2.96 bits per heavy atom. The largest absolute Gasteiger partial charge is 0.324 e. The van der Waals surface area contributed by atoms with E-state index in [1.807, 2.05) is 23.7 Å². The van der Waals surface area contributed by atoms with Crippen LogP contribution < -0.4 is 5.32 Å². The van der Waals surface area contributed by atoms with E-state index >= 15 is 0 Å². The van der Waals surface area contributed by atoms with Gasteiger partial charge >= 0.3 is 6.03 Å². The van der Waals surface area contributed by atoms with Gasteiger partial charge in [0.1, 0.15) is 17.2 Å². The maximum atomic E-state index is 13.7. The number of aromatic nitrogens is 3. The molecule has 1 aliphatic heterocycles. The lowest BCUT2D eigenvalue weighted by atomic mass is 10.1. The van der Waals surface area contributed by atoms with Crippen molar-refractivity contribution in [1.29, 1.82) is 0 Å².